The number of nitrogens with zero attached hydrogens (tertiary/aromatic N) is 1. The van der Waals surface area contributed by atoms with Crippen LogP contribution in [0.4, 0.5) is 0 Å². The van der Waals surface area contributed by atoms with Gasteiger partial charge >= 0.3 is 0 Å². The first-order valence-corrected chi connectivity index (χ1v) is 12.4. The van der Waals surface area contributed by atoms with Gasteiger partial charge in [-0.2, -0.15) is 0 Å². The molecule has 3 rings (SSSR count). The van der Waals surface area contributed by atoms with Gasteiger partial charge in [0.2, 0.25) is 0 Å². The standard InChI is InChI=1S/C22H28BrNO4S/c1-16-6-7-22(10-17(16)2)28-14-21(25)13-24(20-8-9-29(26,27)15-20)12-18-4-3-5-19(23)11-18/h3-7,10-11,20-21,25H,8-9,12-15H2,1-2H3. The van der Waals surface area contributed by atoms with Crippen LogP contribution in [-0.4, -0.2) is 55.2 Å². The second-order valence-corrected chi connectivity index (χ2v) is 11.0. The lowest BCUT2D eigenvalue weighted by molar-refractivity contribution is 0.0524. The van der Waals surface area contributed by atoms with E-state index in [9.17, 15) is 13.5 Å². The van der Waals surface area contributed by atoms with Crippen molar-refractivity contribution in [1.82, 2.24) is 4.90 Å². The Bertz CT molecular complexity index is 948. The van der Waals surface area contributed by atoms with E-state index in [1.54, 1.807) is 0 Å². The van der Waals surface area contributed by atoms with Gasteiger partial charge in [-0.1, -0.05) is 34.1 Å². The summed E-state index contributed by atoms with van der Waals surface area (Å²) >= 11 is 3.48. The number of benzene rings is 2. The maximum atomic E-state index is 12.0. The average molecular weight is 482 g/mol. The van der Waals surface area contributed by atoms with Crippen LogP contribution in [0.15, 0.2) is 46.9 Å². The van der Waals surface area contributed by atoms with Crippen molar-refractivity contribution in [2.24, 2.45) is 0 Å². The summed E-state index contributed by atoms with van der Waals surface area (Å²) in [5, 5.41) is 10.6. The molecule has 0 saturated carbocycles. The van der Waals surface area contributed by atoms with E-state index in [1.807, 2.05) is 56.3 Å². The topological polar surface area (TPSA) is 66.8 Å². The van der Waals surface area contributed by atoms with Crippen molar-refractivity contribution >= 4 is 25.8 Å². The van der Waals surface area contributed by atoms with Crippen LogP contribution in [0.1, 0.15) is 23.1 Å². The highest BCUT2D eigenvalue weighted by molar-refractivity contribution is 9.10. The number of ether oxygens (including phenoxy) is 1. The van der Waals surface area contributed by atoms with E-state index in [0.29, 0.717) is 19.5 Å². The Hall–Kier alpha value is -1.41. The van der Waals surface area contributed by atoms with Crippen LogP contribution in [-0.2, 0) is 16.4 Å². The van der Waals surface area contributed by atoms with Crippen LogP contribution >= 0.6 is 15.9 Å². The van der Waals surface area contributed by atoms with Gasteiger partial charge in [0.05, 0.1) is 11.5 Å². The number of sulfone groups is 1. The number of aliphatic hydroxyl groups excluding tert-OH is 1. The molecule has 158 valence electrons. The molecule has 0 spiro atoms. The SMILES string of the molecule is Cc1ccc(OCC(O)CN(Cc2cccc(Br)c2)C2CCS(=O)(=O)C2)cc1C. The van der Waals surface area contributed by atoms with Crippen molar-refractivity contribution in [3.8, 4) is 5.75 Å². The molecule has 1 saturated heterocycles. The highest BCUT2D eigenvalue weighted by Crippen LogP contribution is 2.22. The van der Waals surface area contributed by atoms with Crippen molar-refractivity contribution in [2.75, 3.05) is 24.7 Å². The zero-order valence-electron chi connectivity index (χ0n) is 16.8. The third-order valence-corrected chi connectivity index (χ3v) is 7.61. The van der Waals surface area contributed by atoms with E-state index in [2.05, 4.69) is 20.8 Å². The largest absolute Gasteiger partial charge is 0.491 e. The predicted octanol–water partition coefficient (Wildman–Crippen LogP) is 3.49. The molecule has 2 aromatic carbocycles. The number of aliphatic hydroxyl groups is 1. The lowest BCUT2D eigenvalue weighted by Gasteiger charge is -2.30. The first-order chi connectivity index (χ1) is 13.7. The number of hydrogen-bond acceptors (Lipinski definition) is 5. The molecule has 0 aromatic heterocycles. The minimum Gasteiger partial charge on any atom is -0.491 e. The Labute approximate surface area is 181 Å². The molecule has 2 unspecified atom stereocenters. The van der Waals surface area contributed by atoms with E-state index in [0.717, 1.165) is 21.3 Å². The molecular formula is C22H28BrNO4S. The molecule has 2 atom stereocenters. The molecule has 0 aliphatic carbocycles. The summed E-state index contributed by atoms with van der Waals surface area (Å²) < 4.78 is 30.7. The van der Waals surface area contributed by atoms with Crippen LogP contribution in [0.3, 0.4) is 0 Å². The molecule has 1 aliphatic heterocycles. The van der Waals surface area contributed by atoms with Gasteiger partial charge in [-0.15, -0.1) is 0 Å². The van der Waals surface area contributed by atoms with Gasteiger partial charge in [-0.25, -0.2) is 8.42 Å². The van der Waals surface area contributed by atoms with Gasteiger partial charge in [0.15, 0.2) is 9.84 Å². The van der Waals surface area contributed by atoms with Crippen molar-refractivity contribution in [3.05, 3.63) is 63.6 Å². The Morgan fingerprint density at radius 3 is 2.66 bits per heavy atom. The molecule has 0 amide bonds. The Kier molecular flexibility index (Phi) is 7.37. The van der Waals surface area contributed by atoms with Gasteiger partial charge in [0, 0.05) is 23.6 Å². The van der Waals surface area contributed by atoms with Crippen LogP contribution in [0, 0.1) is 13.8 Å². The zero-order valence-corrected chi connectivity index (χ0v) is 19.2. The Morgan fingerprint density at radius 1 is 1.21 bits per heavy atom. The van der Waals surface area contributed by atoms with Crippen LogP contribution in [0.25, 0.3) is 0 Å². The fourth-order valence-corrected chi connectivity index (χ4v) is 5.80. The Balaban J connectivity index is 1.65. The average Bonchev–Trinajstić information content (AvgIpc) is 3.02. The zero-order chi connectivity index (χ0) is 21.0. The van der Waals surface area contributed by atoms with E-state index < -0.39 is 15.9 Å². The molecule has 29 heavy (non-hydrogen) atoms. The molecule has 0 radical (unpaired) electrons. The monoisotopic (exact) mass is 481 g/mol. The molecule has 5 nitrogen and oxygen atoms in total. The summed E-state index contributed by atoms with van der Waals surface area (Å²) in [7, 11) is -3.00. The quantitative estimate of drug-likeness (QED) is 0.624. The number of halogens is 1. The summed E-state index contributed by atoms with van der Waals surface area (Å²) in [5.41, 5.74) is 3.41. The smallest absolute Gasteiger partial charge is 0.151 e. The second kappa shape index (κ2) is 9.60. The summed E-state index contributed by atoms with van der Waals surface area (Å²) in [6, 6.07) is 13.7. The van der Waals surface area contributed by atoms with Crippen molar-refractivity contribution < 1.29 is 18.3 Å². The lowest BCUT2D eigenvalue weighted by atomic mass is 10.1. The second-order valence-electron chi connectivity index (χ2n) is 7.83. The maximum Gasteiger partial charge on any atom is 0.151 e. The summed E-state index contributed by atoms with van der Waals surface area (Å²) in [6.45, 7) is 5.18. The van der Waals surface area contributed by atoms with E-state index in [-0.39, 0.29) is 24.2 Å². The van der Waals surface area contributed by atoms with Gasteiger partial charge in [-0.05, 0) is 61.2 Å². The maximum absolute atomic E-state index is 12.0. The van der Waals surface area contributed by atoms with E-state index >= 15 is 0 Å². The molecule has 1 heterocycles. The molecule has 1 N–H and O–H groups in total. The number of rotatable bonds is 8. The normalized spacial score (nSPS) is 19.4. The van der Waals surface area contributed by atoms with E-state index in [1.165, 1.54) is 5.56 Å². The van der Waals surface area contributed by atoms with Gasteiger partial charge in [-0.3, -0.25) is 4.90 Å². The van der Waals surface area contributed by atoms with Crippen molar-refractivity contribution in [2.45, 2.75) is 39.0 Å². The van der Waals surface area contributed by atoms with Crippen molar-refractivity contribution in [1.29, 1.82) is 0 Å². The molecule has 0 bridgehead atoms. The first kappa shape index (κ1) is 22.3. The molecule has 2 aromatic rings. The van der Waals surface area contributed by atoms with Crippen LogP contribution < -0.4 is 4.74 Å². The van der Waals surface area contributed by atoms with Gasteiger partial charge < -0.3 is 9.84 Å². The minimum absolute atomic E-state index is 0.0877. The molecule has 1 aliphatic rings. The number of aryl methyl sites for hydroxylation is 2. The fraction of sp³-hybridized carbons (Fsp3) is 0.455. The summed E-state index contributed by atoms with van der Waals surface area (Å²) in [6.07, 6.45) is -0.117. The third kappa shape index (κ3) is 6.54. The molecule has 1 fully saturated rings. The fourth-order valence-electron chi connectivity index (χ4n) is 3.60. The van der Waals surface area contributed by atoms with E-state index in [4.69, 9.17) is 4.74 Å². The van der Waals surface area contributed by atoms with Gasteiger partial charge in [0.1, 0.15) is 18.5 Å². The number of hydrogen-bond donors (Lipinski definition) is 1. The summed E-state index contributed by atoms with van der Waals surface area (Å²) in [4.78, 5) is 2.07. The highest BCUT2D eigenvalue weighted by atomic mass is 79.9. The molecule has 7 heteroatoms. The Morgan fingerprint density at radius 2 is 2.00 bits per heavy atom. The minimum atomic E-state index is -3.00. The summed E-state index contributed by atoms with van der Waals surface area (Å²) in [5.74, 6) is 1.09. The third-order valence-electron chi connectivity index (χ3n) is 5.37. The van der Waals surface area contributed by atoms with Crippen molar-refractivity contribution in [3.63, 3.8) is 0 Å². The lowest BCUT2D eigenvalue weighted by Crippen LogP contribution is -2.42. The van der Waals surface area contributed by atoms with Gasteiger partial charge in [0.25, 0.3) is 0 Å². The first-order valence-electron chi connectivity index (χ1n) is 9.79. The van der Waals surface area contributed by atoms with Crippen LogP contribution in [0.5, 0.6) is 5.75 Å². The predicted molar refractivity (Wildman–Crippen MR) is 119 cm³/mol. The van der Waals surface area contributed by atoms with Crippen LogP contribution in [0.2, 0.25) is 0 Å². The molecular weight excluding hydrogens is 454 g/mol. The highest BCUT2D eigenvalue weighted by Gasteiger charge is 2.33.